The highest BCUT2D eigenvalue weighted by Crippen LogP contribution is 2.25. The molecule has 2 fully saturated rings. The lowest BCUT2D eigenvalue weighted by atomic mass is 10.0. The first-order valence-electron chi connectivity index (χ1n) is 10.1. The average molecular weight is 490 g/mol. The maximum Gasteiger partial charge on any atom is 0.193 e. The standard InChI is InChI=1S/C20H34N4O2.HI/c1-4-21-20(24-9-5-6-16(2)15-24)22-14-18(19-8-7-17(3)26-19)23-10-12-25-13-11-23;/h7-8,16,18H,4-6,9-15H2,1-3H3,(H,21,22);1H. The Morgan fingerprint density at radius 3 is 2.70 bits per heavy atom. The number of aliphatic imine (C=N–C) groups is 1. The summed E-state index contributed by atoms with van der Waals surface area (Å²) in [6.07, 6.45) is 2.56. The predicted octanol–water partition coefficient (Wildman–Crippen LogP) is 3.28. The van der Waals surface area contributed by atoms with Gasteiger partial charge in [0, 0.05) is 32.7 Å². The van der Waals surface area contributed by atoms with E-state index in [9.17, 15) is 0 Å². The van der Waals surface area contributed by atoms with E-state index in [1.165, 1.54) is 12.8 Å². The van der Waals surface area contributed by atoms with Gasteiger partial charge in [0.25, 0.3) is 0 Å². The van der Waals surface area contributed by atoms with Crippen LogP contribution in [0.25, 0.3) is 0 Å². The van der Waals surface area contributed by atoms with E-state index in [1.807, 2.05) is 13.0 Å². The monoisotopic (exact) mass is 490 g/mol. The van der Waals surface area contributed by atoms with Crippen molar-refractivity contribution in [2.24, 2.45) is 10.9 Å². The number of halogens is 1. The zero-order valence-corrected chi connectivity index (χ0v) is 19.3. The third-order valence-corrected chi connectivity index (χ3v) is 5.28. The van der Waals surface area contributed by atoms with E-state index in [2.05, 4.69) is 35.0 Å². The number of morpholine rings is 1. The zero-order valence-electron chi connectivity index (χ0n) is 16.9. The summed E-state index contributed by atoms with van der Waals surface area (Å²) in [6, 6.07) is 4.31. The third kappa shape index (κ3) is 6.35. The highest BCUT2D eigenvalue weighted by atomic mass is 127. The highest BCUT2D eigenvalue weighted by molar-refractivity contribution is 14.0. The fourth-order valence-electron chi connectivity index (χ4n) is 3.89. The van der Waals surface area contributed by atoms with Crippen LogP contribution in [0.2, 0.25) is 0 Å². The number of nitrogens with zero attached hydrogens (tertiary/aromatic N) is 3. The van der Waals surface area contributed by atoms with E-state index in [-0.39, 0.29) is 30.0 Å². The van der Waals surface area contributed by atoms with Gasteiger partial charge in [0.15, 0.2) is 5.96 Å². The minimum absolute atomic E-state index is 0. The van der Waals surface area contributed by atoms with Crippen LogP contribution in [0.1, 0.15) is 44.3 Å². The van der Waals surface area contributed by atoms with Gasteiger partial charge < -0.3 is 19.4 Å². The molecule has 0 amide bonds. The van der Waals surface area contributed by atoms with Crippen LogP contribution in [-0.4, -0.2) is 68.2 Å². The third-order valence-electron chi connectivity index (χ3n) is 5.28. The van der Waals surface area contributed by atoms with Gasteiger partial charge in [-0.15, -0.1) is 24.0 Å². The van der Waals surface area contributed by atoms with Crippen molar-refractivity contribution < 1.29 is 9.15 Å². The van der Waals surface area contributed by atoms with Crippen molar-refractivity contribution in [3.8, 4) is 0 Å². The number of guanidine groups is 1. The number of likely N-dealkylation sites (tertiary alicyclic amines) is 1. The second kappa shape index (κ2) is 11.3. The normalized spacial score (nSPS) is 23.0. The van der Waals surface area contributed by atoms with Gasteiger partial charge in [-0.3, -0.25) is 9.89 Å². The quantitative estimate of drug-likeness (QED) is 0.390. The molecule has 0 aromatic carbocycles. The van der Waals surface area contributed by atoms with Crippen LogP contribution in [-0.2, 0) is 4.74 Å². The van der Waals surface area contributed by atoms with Crippen LogP contribution in [0, 0.1) is 12.8 Å². The molecule has 27 heavy (non-hydrogen) atoms. The zero-order chi connectivity index (χ0) is 18.4. The Bertz CT molecular complexity index is 586. The minimum Gasteiger partial charge on any atom is -0.465 e. The van der Waals surface area contributed by atoms with Gasteiger partial charge in [0.1, 0.15) is 11.5 Å². The molecule has 0 bridgehead atoms. The fraction of sp³-hybridized carbons (Fsp3) is 0.750. The van der Waals surface area contributed by atoms with Crippen molar-refractivity contribution in [1.82, 2.24) is 15.1 Å². The minimum atomic E-state index is 0. The Balaban J connectivity index is 0.00000261. The molecule has 1 aromatic rings. The molecule has 2 atom stereocenters. The molecule has 0 aliphatic carbocycles. The van der Waals surface area contributed by atoms with Gasteiger partial charge in [-0.25, -0.2) is 0 Å². The van der Waals surface area contributed by atoms with E-state index in [0.29, 0.717) is 6.54 Å². The van der Waals surface area contributed by atoms with Crippen molar-refractivity contribution in [2.45, 2.75) is 39.7 Å². The molecule has 0 saturated carbocycles. The van der Waals surface area contributed by atoms with Gasteiger partial charge >= 0.3 is 0 Å². The van der Waals surface area contributed by atoms with Gasteiger partial charge in [0.2, 0.25) is 0 Å². The Hall–Kier alpha value is -0.800. The summed E-state index contributed by atoms with van der Waals surface area (Å²) in [7, 11) is 0. The van der Waals surface area contributed by atoms with Crippen molar-refractivity contribution >= 4 is 29.9 Å². The second-order valence-electron chi connectivity index (χ2n) is 7.50. The number of ether oxygens (including phenoxy) is 1. The summed E-state index contributed by atoms with van der Waals surface area (Å²) in [4.78, 5) is 9.88. The summed E-state index contributed by atoms with van der Waals surface area (Å²) in [5, 5.41) is 3.49. The molecule has 3 rings (SSSR count). The molecule has 0 radical (unpaired) electrons. The first kappa shape index (κ1) is 22.5. The van der Waals surface area contributed by atoms with Gasteiger partial charge in [0.05, 0.1) is 25.8 Å². The summed E-state index contributed by atoms with van der Waals surface area (Å²) in [5.74, 6) is 3.74. The molecular formula is C20H35IN4O2. The lowest BCUT2D eigenvalue weighted by molar-refractivity contribution is 0.0134. The first-order valence-corrected chi connectivity index (χ1v) is 10.1. The van der Waals surface area contributed by atoms with Crippen molar-refractivity contribution in [3.63, 3.8) is 0 Å². The van der Waals surface area contributed by atoms with Crippen LogP contribution < -0.4 is 5.32 Å². The molecule has 2 unspecified atom stereocenters. The largest absolute Gasteiger partial charge is 0.465 e. The van der Waals surface area contributed by atoms with Crippen molar-refractivity contribution in [3.05, 3.63) is 23.7 Å². The Labute approximate surface area is 180 Å². The average Bonchev–Trinajstić information content (AvgIpc) is 3.08. The molecule has 6 nitrogen and oxygen atoms in total. The lowest BCUT2D eigenvalue weighted by Gasteiger charge is -2.35. The fourth-order valence-corrected chi connectivity index (χ4v) is 3.89. The molecular weight excluding hydrogens is 455 g/mol. The number of hydrogen-bond acceptors (Lipinski definition) is 4. The molecule has 1 aromatic heterocycles. The van der Waals surface area contributed by atoms with Crippen molar-refractivity contribution in [1.29, 1.82) is 0 Å². The molecule has 154 valence electrons. The second-order valence-corrected chi connectivity index (χ2v) is 7.50. The van der Waals surface area contributed by atoms with Crippen LogP contribution >= 0.6 is 24.0 Å². The molecule has 2 aliphatic heterocycles. The SMILES string of the molecule is CCNC(=NCC(c1ccc(C)o1)N1CCOCC1)N1CCCC(C)C1.I. The van der Waals surface area contributed by atoms with Crippen LogP contribution in [0.5, 0.6) is 0 Å². The highest BCUT2D eigenvalue weighted by Gasteiger charge is 2.26. The Morgan fingerprint density at radius 1 is 1.30 bits per heavy atom. The van der Waals surface area contributed by atoms with E-state index in [4.69, 9.17) is 14.1 Å². The maximum absolute atomic E-state index is 5.97. The number of hydrogen-bond donors (Lipinski definition) is 1. The summed E-state index contributed by atoms with van der Waals surface area (Å²) >= 11 is 0. The van der Waals surface area contributed by atoms with E-state index >= 15 is 0 Å². The van der Waals surface area contributed by atoms with Gasteiger partial charge in [-0.05, 0) is 44.7 Å². The van der Waals surface area contributed by atoms with E-state index in [1.54, 1.807) is 0 Å². The summed E-state index contributed by atoms with van der Waals surface area (Å²) in [6.45, 7) is 13.7. The summed E-state index contributed by atoms with van der Waals surface area (Å²) in [5.41, 5.74) is 0. The number of aryl methyl sites for hydroxylation is 1. The predicted molar refractivity (Wildman–Crippen MR) is 120 cm³/mol. The molecule has 7 heteroatoms. The molecule has 2 saturated heterocycles. The maximum atomic E-state index is 5.97. The number of piperidine rings is 1. The number of nitrogens with one attached hydrogen (secondary N) is 1. The molecule has 2 aliphatic rings. The van der Waals surface area contributed by atoms with Gasteiger partial charge in [-0.1, -0.05) is 6.92 Å². The Morgan fingerprint density at radius 2 is 2.07 bits per heavy atom. The summed E-state index contributed by atoms with van der Waals surface area (Å²) < 4.78 is 11.5. The first-order chi connectivity index (χ1) is 12.7. The van der Waals surface area contributed by atoms with Gasteiger partial charge in [-0.2, -0.15) is 0 Å². The van der Waals surface area contributed by atoms with Crippen LogP contribution in [0.3, 0.4) is 0 Å². The van der Waals surface area contributed by atoms with E-state index in [0.717, 1.165) is 69.3 Å². The Kier molecular flexibility index (Phi) is 9.38. The van der Waals surface area contributed by atoms with Crippen LogP contribution in [0.4, 0.5) is 0 Å². The van der Waals surface area contributed by atoms with Crippen molar-refractivity contribution in [2.75, 3.05) is 52.5 Å². The topological polar surface area (TPSA) is 53.2 Å². The molecule has 3 heterocycles. The number of rotatable bonds is 5. The smallest absolute Gasteiger partial charge is 0.193 e. The molecule has 0 spiro atoms. The lowest BCUT2D eigenvalue weighted by Crippen LogP contribution is -2.47. The van der Waals surface area contributed by atoms with E-state index < -0.39 is 0 Å². The molecule has 1 N–H and O–H groups in total. The number of furan rings is 1. The van der Waals surface area contributed by atoms with Crippen LogP contribution in [0.15, 0.2) is 21.5 Å².